The fourth-order valence-electron chi connectivity index (χ4n) is 11.2. The molecule has 10 rings (SSSR count). The Bertz CT molecular complexity index is 870. The van der Waals surface area contributed by atoms with E-state index in [0.29, 0.717) is 16.9 Å². The quantitative estimate of drug-likeness (QED) is 0.482. The molecular formula is C30H40O2. The molecule has 1 atom stereocenters. The highest BCUT2D eigenvalue weighted by Crippen LogP contribution is 2.67. The lowest BCUT2D eigenvalue weighted by Gasteiger charge is -2.61. The van der Waals surface area contributed by atoms with Gasteiger partial charge in [0.1, 0.15) is 18.5 Å². The Labute approximate surface area is 193 Å². The first-order chi connectivity index (χ1) is 15.6. The Morgan fingerprint density at radius 3 is 1.59 bits per heavy atom. The number of hydrogen-bond donors (Lipinski definition) is 0. The second kappa shape index (κ2) is 6.55. The van der Waals surface area contributed by atoms with Gasteiger partial charge in [-0.25, -0.2) is 0 Å². The molecule has 9 fully saturated rings. The number of aryl methyl sites for hydroxylation is 1. The molecule has 8 aliphatic carbocycles. The summed E-state index contributed by atoms with van der Waals surface area (Å²) in [6, 6.07) is 4.80. The summed E-state index contributed by atoms with van der Waals surface area (Å²) in [6.07, 6.45) is 18.2. The van der Waals surface area contributed by atoms with Crippen LogP contribution in [0.15, 0.2) is 12.1 Å². The fraction of sp³-hybridized carbons (Fsp3) is 0.800. The molecule has 32 heavy (non-hydrogen) atoms. The van der Waals surface area contributed by atoms with Gasteiger partial charge in [-0.2, -0.15) is 0 Å². The maximum atomic E-state index is 6.68. The zero-order valence-corrected chi connectivity index (χ0v) is 19.9. The highest BCUT2D eigenvalue weighted by molar-refractivity contribution is 5.55. The molecule has 1 saturated heterocycles. The smallest absolute Gasteiger partial charge is 0.123 e. The Morgan fingerprint density at radius 1 is 0.719 bits per heavy atom. The van der Waals surface area contributed by atoms with Crippen LogP contribution in [-0.4, -0.2) is 19.3 Å². The van der Waals surface area contributed by atoms with E-state index in [1.54, 1.807) is 11.1 Å². The van der Waals surface area contributed by atoms with E-state index < -0.39 is 0 Å². The van der Waals surface area contributed by atoms with Crippen molar-refractivity contribution in [2.75, 3.05) is 13.2 Å². The van der Waals surface area contributed by atoms with Crippen LogP contribution >= 0.6 is 0 Å². The summed E-state index contributed by atoms with van der Waals surface area (Å²) < 4.78 is 12.2. The van der Waals surface area contributed by atoms with E-state index in [2.05, 4.69) is 19.1 Å². The van der Waals surface area contributed by atoms with Crippen molar-refractivity contribution in [3.8, 4) is 5.75 Å². The van der Waals surface area contributed by atoms with Crippen LogP contribution in [0.3, 0.4) is 0 Å². The monoisotopic (exact) mass is 432 g/mol. The van der Waals surface area contributed by atoms with Gasteiger partial charge < -0.3 is 9.47 Å². The van der Waals surface area contributed by atoms with Gasteiger partial charge in [0.05, 0.1) is 6.61 Å². The van der Waals surface area contributed by atoms with Gasteiger partial charge in [0, 0.05) is 11.0 Å². The zero-order valence-electron chi connectivity index (χ0n) is 19.9. The molecule has 2 heteroatoms. The predicted octanol–water partition coefficient (Wildman–Crippen LogP) is 6.71. The molecule has 1 aliphatic heterocycles. The van der Waals surface area contributed by atoms with Crippen molar-refractivity contribution in [3.05, 3.63) is 28.8 Å². The lowest BCUT2D eigenvalue weighted by atomic mass is 9.43. The van der Waals surface area contributed by atoms with E-state index in [-0.39, 0.29) is 0 Å². The number of ether oxygens (including phenoxy) is 2. The van der Waals surface area contributed by atoms with Crippen LogP contribution in [0.2, 0.25) is 0 Å². The molecular weight excluding hydrogens is 392 g/mol. The summed E-state index contributed by atoms with van der Waals surface area (Å²) in [5, 5.41) is 0. The normalized spacial score (nSPS) is 49.6. The van der Waals surface area contributed by atoms with Gasteiger partial charge in [0.2, 0.25) is 0 Å². The maximum absolute atomic E-state index is 6.68. The number of epoxide rings is 1. The van der Waals surface area contributed by atoms with E-state index in [1.807, 2.05) is 5.56 Å². The van der Waals surface area contributed by atoms with E-state index in [0.717, 1.165) is 48.7 Å². The average molecular weight is 433 g/mol. The highest BCUT2D eigenvalue weighted by atomic mass is 16.6. The minimum absolute atomic E-state index is 0.337. The van der Waals surface area contributed by atoms with E-state index in [9.17, 15) is 0 Å². The van der Waals surface area contributed by atoms with Crippen molar-refractivity contribution in [3.63, 3.8) is 0 Å². The molecule has 0 radical (unpaired) electrons. The Morgan fingerprint density at radius 2 is 1.16 bits per heavy atom. The third-order valence-electron chi connectivity index (χ3n) is 11.3. The summed E-state index contributed by atoms with van der Waals surface area (Å²) in [4.78, 5) is 0. The van der Waals surface area contributed by atoms with Crippen molar-refractivity contribution in [2.45, 2.75) is 101 Å². The minimum atomic E-state index is 0.337. The molecule has 1 aromatic carbocycles. The SMILES string of the molecule is Cc1ccc(OCC2CO2)c(C23CC4CC(CC(C4)C2)C3)c1C12CC3CC(CC(C3)C1)C2. The summed E-state index contributed by atoms with van der Waals surface area (Å²) in [6.45, 7) is 4.09. The number of hydrogen-bond acceptors (Lipinski definition) is 2. The second-order valence-electron chi connectivity index (χ2n) is 13.8. The first-order valence-electron chi connectivity index (χ1n) is 14.0. The van der Waals surface area contributed by atoms with Gasteiger partial charge in [0.15, 0.2) is 0 Å². The number of rotatable bonds is 5. The molecule has 1 heterocycles. The molecule has 0 N–H and O–H groups in total. The summed E-state index contributed by atoms with van der Waals surface area (Å²) >= 11 is 0. The largest absolute Gasteiger partial charge is 0.490 e. The molecule has 1 unspecified atom stereocenters. The Kier molecular flexibility index (Phi) is 3.95. The minimum Gasteiger partial charge on any atom is -0.490 e. The van der Waals surface area contributed by atoms with Crippen LogP contribution in [0.5, 0.6) is 5.75 Å². The van der Waals surface area contributed by atoms with Gasteiger partial charge >= 0.3 is 0 Å². The number of benzene rings is 1. The van der Waals surface area contributed by atoms with E-state index >= 15 is 0 Å². The van der Waals surface area contributed by atoms with Crippen molar-refractivity contribution >= 4 is 0 Å². The first kappa shape index (κ1) is 19.3. The van der Waals surface area contributed by atoms with E-state index in [1.165, 1.54) is 82.8 Å². The third-order valence-corrected chi connectivity index (χ3v) is 11.3. The van der Waals surface area contributed by atoms with Crippen molar-refractivity contribution in [1.29, 1.82) is 0 Å². The predicted molar refractivity (Wildman–Crippen MR) is 126 cm³/mol. The third kappa shape index (κ3) is 2.80. The van der Waals surface area contributed by atoms with Crippen LogP contribution in [0.25, 0.3) is 0 Å². The average Bonchev–Trinajstić information content (AvgIpc) is 3.55. The van der Waals surface area contributed by atoms with Crippen LogP contribution in [0, 0.1) is 42.4 Å². The molecule has 0 aromatic heterocycles. The Hall–Kier alpha value is -1.02. The molecule has 9 aliphatic rings. The summed E-state index contributed by atoms with van der Waals surface area (Å²) in [5.41, 5.74) is 5.99. The first-order valence-corrected chi connectivity index (χ1v) is 14.0. The molecule has 8 saturated carbocycles. The van der Waals surface area contributed by atoms with Crippen molar-refractivity contribution in [2.24, 2.45) is 35.5 Å². The van der Waals surface area contributed by atoms with E-state index in [4.69, 9.17) is 9.47 Å². The van der Waals surface area contributed by atoms with Gasteiger partial charge in [-0.3, -0.25) is 0 Å². The molecule has 2 nitrogen and oxygen atoms in total. The van der Waals surface area contributed by atoms with Gasteiger partial charge in [-0.1, -0.05) is 6.07 Å². The lowest BCUT2D eigenvalue weighted by molar-refractivity contribution is -0.0187. The Balaban J connectivity index is 1.30. The molecule has 172 valence electrons. The standard InChI is InChI=1S/C30H40O2/c1-18-2-3-26(32-17-25-16-31-25)28(30-13-22-7-23(14-30)9-24(8-22)15-30)27(18)29-10-19-4-20(11-29)6-21(5-19)12-29/h2-3,19-25H,4-17H2,1H3. The van der Waals surface area contributed by atoms with Gasteiger partial charge in [0.25, 0.3) is 0 Å². The van der Waals surface area contributed by atoms with Gasteiger partial charge in [-0.15, -0.1) is 0 Å². The fourth-order valence-corrected chi connectivity index (χ4v) is 11.2. The second-order valence-corrected chi connectivity index (χ2v) is 13.8. The lowest BCUT2D eigenvalue weighted by Crippen LogP contribution is -2.52. The van der Waals surface area contributed by atoms with Crippen molar-refractivity contribution < 1.29 is 9.47 Å². The molecule has 8 bridgehead atoms. The molecule has 0 amide bonds. The summed E-state index contributed by atoms with van der Waals surface area (Å²) in [5.74, 6) is 7.18. The van der Waals surface area contributed by atoms with Gasteiger partial charge in [-0.05, 0) is 142 Å². The summed E-state index contributed by atoms with van der Waals surface area (Å²) in [7, 11) is 0. The van der Waals surface area contributed by atoms with Crippen molar-refractivity contribution in [1.82, 2.24) is 0 Å². The molecule has 0 spiro atoms. The maximum Gasteiger partial charge on any atom is 0.123 e. The van der Waals surface area contributed by atoms with Crippen LogP contribution in [-0.2, 0) is 15.6 Å². The van der Waals surface area contributed by atoms with Crippen LogP contribution < -0.4 is 4.74 Å². The zero-order chi connectivity index (χ0) is 21.1. The topological polar surface area (TPSA) is 21.8 Å². The van der Waals surface area contributed by atoms with Crippen LogP contribution in [0.4, 0.5) is 0 Å². The highest BCUT2D eigenvalue weighted by Gasteiger charge is 2.57. The van der Waals surface area contributed by atoms with Crippen LogP contribution in [0.1, 0.15) is 93.7 Å². The molecule has 1 aromatic rings.